The normalized spacial score (nSPS) is 12.5. The molecule has 0 aliphatic heterocycles. The molecule has 1 atom stereocenters. The average Bonchev–Trinajstić information content (AvgIpc) is 2.15. The first-order valence-electron chi connectivity index (χ1n) is 4.82. The van der Waals surface area contributed by atoms with Gasteiger partial charge in [0, 0.05) is 23.4 Å². The number of rotatable bonds is 5. The van der Waals surface area contributed by atoms with Crippen LogP contribution in [0.3, 0.4) is 0 Å². The van der Waals surface area contributed by atoms with Crippen LogP contribution < -0.4 is 5.32 Å². The molecule has 3 heteroatoms. The number of anilines is 1. The molecule has 0 aromatic heterocycles. The first kappa shape index (κ1) is 11.3. The van der Waals surface area contributed by atoms with E-state index in [0.717, 1.165) is 17.3 Å². The monoisotopic (exact) mass is 213 g/mol. The lowest BCUT2D eigenvalue weighted by Crippen LogP contribution is -2.21. The van der Waals surface area contributed by atoms with Crippen LogP contribution in [0.15, 0.2) is 24.3 Å². The van der Waals surface area contributed by atoms with Crippen molar-refractivity contribution < 1.29 is 4.74 Å². The van der Waals surface area contributed by atoms with Gasteiger partial charge in [0.2, 0.25) is 0 Å². The minimum Gasteiger partial charge on any atom is -0.380 e. The van der Waals surface area contributed by atoms with Crippen molar-refractivity contribution in [2.45, 2.75) is 19.9 Å². The van der Waals surface area contributed by atoms with E-state index in [-0.39, 0.29) is 0 Å². The van der Waals surface area contributed by atoms with Crippen LogP contribution in [0.4, 0.5) is 5.69 Å². The number of benzene rings is 1. The Labute approximate surface area is 90.2 Å². The second-order valence-corrected chi connectivity index (χ2v) is 3.65. The van der Waals surface area contributed by atoms with Gasteiger partial charge in [0.05, 0.1) is 6.61 Å². The van der Waals surface area contributed by atoms with E-state index in [0.29, 0.717) is 12.6 Å². The summed E-state index contributed by atoms with van der Waals surface area (Å²) in [6, 6.07) is 7.99. The molecule has 1 rings (SSSR count). The zero-order valence-corrected chi connectivity index (χ0v) is 9.34. The number of halogens is 1. The van der Waals surface area contributed by atoms with Crippen LogP contribution in [0, 0.1) is 0 Å². The number of hydrogen-bond donors (Lipinski definition) is 1. The highest BCUT2D eigenvalue weighted by molar-refractivity contribution is 6.30. The van der Waals surface area contributed by atoms with E-state index in [2.05, 4.69) is 12.2 Å². The topological polar surface area (TPSA) is 21.3 Å². The van der Waals surface area contributed by atoms with Gasteiger partial charge in [-0.25, -0.2) is 0 Å². The fourth-order valence-corrected chi connectivity index (χ4v) is 1.39. The van der Waals surface area contributed by atoms with E-state index < -0.39 is 0 Å². The van der Waals surface area contributed by atoms with Crippen LogP contribution in [-0.4, -0.2) is 19.3 Å². The van der Waals surface area contributed by atoms with E-state index >= 15 is 0 Å². The van der Waals surface area contributed by atoms with E-state index in [1.165, 1.54) is 0 Å². The maximum Gasteiger partial charge on any atom is 0.0664 e. The summed E-state index contributed by atoms with van der Waals surface area (Å²) in [6.45, 7) is 5.53. The van der Waals surface area contributed by atoms with Crippen LogP contribution in [0.2, 0.25) is 5.02 Å². The largest absolute Gasteiger partial charge is 0.380 e. The van der Waals surface area contributed by atoms with Gasteiger partial charge in [-0.05, 0) is 32.0 Å². The summed E-state index contributed by atoms with van der Waals surface area (Å²) in [5.74, 6) is 0. The molecule has 0 spiro atoms. The second-order valence-electron chi connectivity index (χ2n) is 3.22. The van der Waals surface area contributed by atoms with Crippen molar-refractivity contribution in [3.8, 4) is 0 Å². The third-order valence-electron chi connectivity index (χ3n) is 1.81. The predicted molar refractivity (Wildman–Crippen MR) is 61.0 cm³/mol. The molecule has 0 aliphatic carbocycles. The fourth-order valence-electron chi connectivity index (χ4n) is 1.20. The van der Waals surface area contributed by atoms with Crippen LogP contribution in [0.5, 0.6) is 0 Å². The third-order valence-corrected chi connectivity index (χ3v) is 2.04. The van der Waals surface area contributed by atoms with Crippen molar-refractivity contribution in [3.63, 3.8) is 0 Å². The molecule has 0 amide bonds. The summed E-state index contributed by atoms with van der Waals surface area (Å²) < 4.78 is 5.30. The SMILES string of the molecule is CCOCC(C)Nc1cccc(Cl)c1. The minimum atomic E-state index is 0.299. The molecule has 1 unspecified atom stereocenters. The van der Waals surface area contributed by atoms with Gasteiger partial charge >= 0.3 is 0 Å². The minimum absolute atomic E-state index is 0.299. The lowest BCUT2D eigenvalue weighted by molar-refractivity contribution is 0.141. The molecular formula is C11H16ClNO. The molecule has 0 saturated heterocycles. The maximum atomic E-state index is 5.86. The first-order chi connectivity index (χ1) is 6.72. The fraction of sp³-hybridized carbons (Fsp3) is 0.455. The van der Waals surface area contributed by atoms with Crippen molar-refractivity contribution in [1.82, 2.24) is 0 Å². The zero-order chi connectivity index (χ0) is 10.4. The molecule has 0 heterocycles. The quantitative estimate of drug-likeness (QED) is 0.811. The highest BCUT2D eigenvalue weighted by atomic mass is 35.5. The van der Waals surface area contributed by atoms with Gasteiger partial charge in [-0.3, -0.25) is 0 Å². The van der Waals surface area contributed by atoms with E-state index in [1.807, 2.05) is 31.2 Å². The van der Waals surface area contributed by atoms with Crippen molar-refractivity contribution in [3.05, 3.63) is 29.3 Å². The van der Waals surface area contributed by atoms with Crippen molar-refractivity contribution >= 4 is 17.3 Å². The van der Waals surface area contributed by atoms with Gasteiger partial charge in [0.15, 0.2) is 0 Å². The maximum absolute atomic E-state index is 5.86. The summed E-state index contributed by atoms with van der Waals surface area (Å²) in [5.41, 5.74) is 1.03. The highest BCUT2D eigenvalue weighted by Crippen LogP contribution is 2.15. The summed E-state index contributed by atoms with van der Waals surface area (Å²) in [5, 5.41) is 4.06. The van der Waals surface area contributed by atoms with Crippen LogP contribution in [0.25, 0.3) is 0 Å². The Morgan fingerprint density at radius 2 is 2.29 bits per heavy atom. The van der Waals surface area contributed by atoms with Crippen LogP contribution in [-0.2, 0) is 4.74 Å². The first-order valence-corrected chi connectivity index (χ1v) is 5.20. The van der Waals surface area contributed by atoms with Gasteiger partial charge in [-0.1, -0.05) is 17.7 Å². The molecule has 2 nitrogen and oxygen atoms in total. The summed E-state index contributed by atoms with van der Waals surface area (Å²) in [7, 11) is 0. The van der Waals surface area contributed by atoms with Crippen LogP contribution >= 0.6 is 11.6 Å². The molecule has 78 valence electrons. The highest BCUT2D eigenvalue weighted by Gasteiger charge is 2.01. The van der Waals surface area contributed by atoms with Gasteiger partial charge < -0.3 is 10.1 Å². The smallest absolute Gasteiger partial charge is 0.0664 e. The van der Waals surface area contributed by atoms with Crippen molar-refractivity contribution in [2.24, 2.45) is 0 Å². The lowest BCUT2D eigenvalue weighted by Gasteiger charge is -2.14. The number of hydrogen-bond acceptors (Lipinski definition) is 2. The number of nitrogens with one attached hydrogen (secondary N) is 1. The lowest BCUT2D eigenvalue weighted by atomic mass is 10.3. The van der Waals surface area contributed by atoms with Crippen molar-refractivity contribution in [2.75, 3.05) is 18.5 Å². The average molecular weight is 214 g/mol. The standard InChI is InChI=1S/C11H16ClNO/c1-3-14-8-9(2)13-11-6-4-5-10(12)7-11/h4-7,9,13H,3,8H2,1-2H3. The van der Waals surface area contributed by atoms with E-state index in [9.17, 15) is 0 Å². The molecule has 1 aromatic carbocycles. The van der Waals surface area contributed by atoms with Gasteiger partial charge in [-0.15, -0.1) is 0 Å². The molecule has 0 aliphatic rings. The van der Waals surface area contributed by atoms with Crippen LogP contribution in [0.1, 0.15) is 13.8 Å². The van der Waals surface area contributed by atoms with Gasteiger partial charge in [0.1, 0.15) is 0 Å². The molecule has 1 N–H and O–H groups in total. The Kier molecular flexibility index (Phi) is 4.77. The van der Waals surface area contributed by atoms with Gasteiger partial charge in [0.25, 0.3) is 0 Å². The zero-order valence-electron chi connectivity index (χ0n) is 8.59. The number of ether oxygens (including phenoxy) is 1. The summed E-state index contributed by atoms with van der Waals surface area (Å²) in [4.78, 5) is 0. The Hall–Kier alpha value is -0.730. The van der Waals surface area contributed by atoms with E-state index in [4.69, 9.17) is 16.3 Å². The second kappa shape index (κ2) is 5.89. The van der Waals surface area contributed by atoms with E-state index in [1.54, 1.807) is 0 Å². The predicted octanol–water partition coefficient (Wildman–Crippen LogP) is 3.18. The molecule has 0 bridgehead atoms. The molecule has 14 heavy (non-hydrogen) atoms. The summed E-state index contributed by atoms with van der Waals surface area (Å²) >= 11 is 5.86. The van der Waals surface area contributed by atoms with Crippen molar-refractivity contribution in [1.29, 1.82) is 0 Å². The molecule has 1 aromatic rings. The Bertz CT molecular complexity index is 278. The summed E-state index contributed by atoms with van der Waals surface area (Å²) in [6.07, 6.45) is 0. The Balaban J connectivity index is 2.43. The molecule has 0 fully saturated rings. The molecule has 0 radical (unpaired) electrons. The third kappa shape index (κ3) is 3.99. The Morgan fingerprint density at radius 3 is 2.93 bits per heavy atom. The molecular weight excluding hydrogens is 198 g/mol. The van der Waals surface area contributed by atoms with Gasteiger partial charge in [-0.2, -0.15) is 0 Å². The Morgan fingerprint density at radius 1 is 1.50 bits per heavy atom. The molecule has 0 saturated carbocycles.